The average molecular weight is 221 g/mol. The highest BCUT2D eigenvalue weighted by molar-refractivity contribution is 7.87. The Morgan fingerprint density at radius 2 is 2.00 bits per heavy atom. The van der Waals surface area contributed by atoms with E-state index in [9.17, 15) is 17.1 Å². The van der Waals surface area contributed by atoms with Gasteiger partial charge in [-0.1, -0.05) is 0 Å². The smallest absolute Gasteiger partial charge is 0.307 e. The molecule has 6 heteroatoms. The highest BCUT2D eigenvalue weighted by atomic mass is 32.3. The van der Waals surface area contributed by atoms with Crippen molar-refractivity contribution in [3.8, 4) is 0 Å². The Balaban J connectivity index is 2.07. The van der Waals surface area contributed by atoms with Crippen molar-refractivity contribution in [3.63, 3.8) is 0 Å². The number of hydrogen-bond donors (Lipinski definition) is 0. The molecule has 1 heterocycles. The van der Waals surface area contributed by atoms with Gasteiger partial charge in [0.05, 0.1) is 0 Å². The van der Waals surface area contributed by atoms with Crippen molar-refractivity contribution >= 4 is 16.1 Å². The number of likely N-dealkylation sites (tertiary alicyclic amines) is 1. The maximum atomic E-state index is 12.6. The molecule has 1 aliphatic carbocycles. The Labute approximate surface area is 82.3 Å². The van der Waals surface area contributed by atoms with Gasteiger partial charge in [-0.25, -0.2) is 0 Å². The van der Waals surface area contributed by atoms with Gasteiger partial charge in [0.2, 0.25) is 5.91 Å². The van der Waals surface area contributed by atoms with Gasteiger partial charge in [0.1, 0.15) is 5.25 Å². The summed E-state index contributed by atoms with van der Waals surface area (Å²) in [4.78, 5) is 12.9. The Hall–Kier alpha value is -0.650. The summed E-state index contributed by atoms with van der Waals surface area (Å²) in [5, 5.41) is -1.13. The molecule has 2 fully saturated rings. The normalized spacial score (nSPS) is 29.4. The van der Waals surface area contributed by atoms with Gasteiger partial charge in [0.15, 0.2) is 0 Å². The minimum atomic E-state index is -4.55. The van der Waals surface area contributed by atoms with Crippen LogP contribution in [0.5, 0.6) is 0 Å². The summed E-state index contributed by atoms with van der Waals surface area (Å²) in [6, 6.07) is 0.161. The lowest BCUT2D eigenvalue weighted by Gasteiger charge is -2.34. The van der Waals surface area contributed by atoms with Crippen LogP contribution in [0.4, 0.5) is 3.89 Å². The second-order valence-corrected chi connectivity index (χ2v) is 5.55. The first-order chi connectivity index (χ1) is 6.48. The van der Waals surface area contributed by atoms with Crippen LogP contribution >= 0.6 is 0 Å². The van der Waals surface area contributed by atoms with Crippen LogP contribution in [0.1, 0.15) is 25.7 Å². The Kier molecular flexibility index (Phi) is 2.25. The number of carbonyl (C=O) groups excluding carboxylic acids is 1. The van der Waals surface area contributed by atoms with Crippen molar-refractivity contribution in [2.24, 2.45) is 0 Å². The summed E-state index contributed by atoms with van der Waals surface area (Å²) in [5.41, 5.74) is 0. The predicted molar refractivity (Wildman–Crippen MR) is 47.8 cm³/mol. The van der Waals surface area contributed by atoms with Gasteiger partial charge in [-0.15, -0.1) is 3.89 Å². The molecule has 1 aliphatic heterocycles. The van der Waals surface area contributed by atoms with Gasteiger partial charge in [-0.3, -0.25) is 4.79 Å². The first-order valence-electron chi connectivity index (χ1n) is 4.71. The first kappa shape index (κ1) is 9.89. The summed E-state index contributed by atoms with van der Waals surface area (Å²) >= 11 is 0. The summed E-state index contributed by atoms with van der Waals surface area (Å²) in [7, 11) is -4.55. The molecule has 1 amide bonds. The van der Waals surface area contributed by atoms with Crippen LogP contribution in [0.25, 0.3) is 0 Å². The summed E-state index contributed by atoms with van der Waals surface area (Å²) in [5.74, 6) is -0.221. The molecule has 0 N–H and O–H groups in total. The molecule has 1 saturated heterocycles. The Morgan fingerprint density at radius 3 is 2.36 bits per heavy atom. The van der Waals surface area contributed by atoms with Crippen molar-refractivity contribution < 1.29 is 17.1 Å². The average Bonchev–Trinajstić information content (AvgIpc) is 2.28. The molecule has 80 valence electrons. The molecule has 1 atom stereocenters. The third-order valence-electron chi connectivity index (χ3n) is 3.04. The molecule has 1 unspecified atom stereocenters. The van der Waals surface area contributed by atoms with Crippen LogP contribution in [0.15, 0.2) is 0 Å². The highest BCUT2D eigenvalue weighted by Crippen LogP contribution is 2.30. The van der Waals surface area contributed by atoms with Gasteiger partial charge in [-0.2, -0.15) is 8.42 Å². The molecule has 0 aromatic heterocycles. The van der Waals surface area contributed by atoms with Gasteiger partial charge >= 0.3 is 10.2 Å². The SMILES string of the molecule is O=C1CC(S(=O)(=O)F)CN1C1CCC1. The lowest BCUT2D eigenvalue weighted by Crippen LogP contribution is -2.41. The number of carbonyl (C=O) groups is 1. The third-order valence-corrected chi connectivity index (χ3v) is 4.15. The van der Waals surface area contributed by atoms with Crippen molar-refractivity contribution in [1.82, 2.24) is 4.90 Å². The van der Waals surface area contributed by atoms with E-state index in [1.807, 2.05) is 0 Å². The van der Waals surface area contributed by atoms with Crippen LogP contribution in [-0.4, -0.2) is 37.1 Å². The van der Waals surface area contributed by atoms with E-state index >= 15 is 0 Å². The number of hydrogen-bond acceptors (Lipinski definition) is 3. The number of amides is 1. The molecule has 2 aliphatic rings. The van der Waals surface area contributed by atoms with Gasteiger partial charge in [-0.05, 0) is 19.3 Å². The van der Waals surface area contributed by atoms with Crippen LogP contribution in [0.2, 0.25) is 0 Å². The predicted octanol–water partition coefficient (Wildman–Crippen LogP) is 0.439. The quantitative estimate of drug-likeness (QED) is 0.636. The third kappa shape index (κ3) is 1.63. The van der Waals surface area contributed by atoms with Crippen LogP contribution < -0.4 is 0 Å². The topological polar surface area (TPSA) is 54.5 Å². The lowest BCUT2D eigenvalue weighted by molar-refractivity contribution is -0.131. The molecule has 0 aromatic rings. The lowest BCUT2D eigenvalue weighted by atomic mass is 9.92. The van der Waals surface area contributed by atoms with E-state index in [4.69, 9.17) is 0 Å². The molecular formula is C8H12FNO3S. The maximum Gasteiger partial charge on any atom is 0.307 e. The first-order valence-corrected chi connectivity index (χ1v) is 6.16. The zero-order chi connectivity index (χ0) is 10.3. The summed E-state index contributed by atoms with van der Waals surface area (Å²) in [6.45, 7) is 0.0440. The number of halogens is 1. The zero-order valence-corrected chi connectivity index (χ0v) is 8.46. The van der Waals surface area contributed by atoms with E-state index in [1.165, 1.54) is 4.90 Å². The van der Waals surface area contributed by atoms with E-state index in [0.29, 0.717) is 0 Å². The molecule has 0 spiro atoms. The summed E-state index contributed by atoms with van der Waals surface area (Å²) < 4.78 is 33.8. The van der Waals surface area contributed by atoms with E-state index in [2.05, 4.69) is 0 Å². The maximum absolute atomic E-state index is 12.6. The molecule has 14 heavy (non-hydrogen) atoms. The van der Waals surface area contributed by atoms with Crippen molar-refractivity contribution in [1.29, 1.82) is 0 Å². The fourth-order valence-corrected chi connectivity index (χ4v) is 2.62. The van der Waals surface area contributed by atoms with Crippen LogP contribution in [0.3, 0.4) is 0 Å². The number of nitrogens with zero attached hydrogens (tertiary/aromatic N) is 1. The molecule has 2 rings (SSSR count). The molecule has 0 radical (unpaired) electrons. The molecular weight excluding hydrogens is 209 g/mol. The van der Waals surface area contributed by atoms with E-state index < -0.39 is 15.5 Å². The van der Waals surface area contributed by atoms with Gasteiger partial charge in [0, 0.05) is 19.0 Å². The largest absolute Gasteiger partial charge is 0.338 e. The number of rotatable bonds is 2. The summed E-state index contributed by atoms with van der Waals surface area (Å²) in [6.07, 6.45) is 2.73. The van der Waals surface area contributed by atoms with Crippen molar-refractivity contribution in [2.75, 3.05) is 6.54 Å². The highest BCUT2D eigenvalue weighted by Gasteiger charge is 2.42. The van der Waals surface area contributed by atoms with Crippen molar-refractivity contribution in [3.05, 3.63) is 0 Å². The van der Waals surface area contributed by atoms with E-state index in [1.54, 1.807) is 0 Å². The molecule has 0 aromatic carbocycles. The fraction of sp³-hybridized carbons (Fsp3) is 0.875. The van der Waals surface area contributed by atoms with E-state index in [-0.39, 0.29) is 24.9 Å². The van der Waals surface area contributed by atoms with Crippen molar-refractivity contribution in [2.45, 2.75) is 37.0 Å². The molecule has 4 nitrogen and oxygen atoms in total. The Morgan fingerprint density at radius 1 is 1.36 bits per heavy atom. The van der Waals surface area contributed by atoms with Gasteiger partial charge < -0.3 is 4.90 Å². The Bertz CT molecular complexity index is 350. The van der Waals surface area contributed by atoms with Crippen LogP contribution in [-0.2, 0) is 15.0 Å². The minimum absolute atomic E-state index is 0.0440. The molecule has 0 bridgehead atoms. The monoisotopic (exact) mass is 221 g/mol. The second kappa shape index (κ2) is 3.18. The van der Waals surface area contributed by atoms with Crippen LogP contribution in [0, 0.1) is 0 Å². The molecule has 1 saturated carbocycles. The minimum Gasteiger partial charge on any atom is -0.338 e. The fourth-order valence-electron chi connectivity index (χ4n) is 1.94. The second-order valence-electron chi connectivity index (χ2n) is 3.93. The zero-order valence-electron chi connectivity index (χ0n) is 7.65. The standard InChI is InChI=1S/C8H12FNO3S/c9-14(12,13)7-4-8(11)10(5-7)6-2-1-3-6/h6-7H,1-5H2. The van der Waals surface area contributed by atoms with Gasteiger partial charge in [0.25, 0.3) is 0 Å². The van der Waals surface area contributed by atoms with E-state index in [0.717, 1.165) is 19.3 Å².